The largest absolute Gasteiger partial charge is 0.496 e. The standard InChI is InChI=1S/C14H13ClO2S/c1-17-14-7-4-10(15)9-12(14)13(16)6-5-11-3-2-8-18-11/h2-4,7-9H,5-6H2,1H3. The van der Waals surface area contributed by atoms with Crippen molar-refractivity contribution in [3.63, 3.8) is 0 Å². The van der Waals surface area contributed by atoms with Gasteiger partial charge in [-0.3, -0.25) is 4.79 Å². The van der Waals surface area contributed by atoms with Crippen LogP contribution < -0.4 is 4.74 Å². The van der Waals surface area contributed by atoms with Gasteiger partial charge in [0.25, 0.3) is 0 Å². The number of halogens is 1. The van der Waals surface area contributed by atoms with Crippen LogP contribution in [0.15, 0.2) is 35.7 Å². The van der Waals surface area contributed by atoms with Crippen molar-refractivity contribution in [3.05, 3.63) is 51.2 Å². The van der Waals surface area contributed by atoms with E-state index in [0.29, 0.717) is 22.8 Å². The van der Waals surface area contributed by atoms with Crippen LogP contribution in [-0.2, 0) is 6.42 Å². The van der Waals surface area contributed by atoms with Crippen LogP contribution in [0.4, 0.5) is 0 Å². The van der Waals surface area contributed by atoms with Crippen LogP contribution in [0, 0.1) is 0 Å². The number of rotatable bonds is 5. The maximum atomic E-state index is 12.1. The zero-order valence-corrected chi connectivity index (χ0v) is 11.6. The quantitative estimate of drug-likeness (QED) is 0.766. The number of methoxy groups -OCH3 is 1. The lowest BCUT2D eigenvalue weighted by Crippen LogP contribution is -2.03. The van der Waals surface area contributed by atoms with Gasteiger partial charge in [-0.1, -0.05) is 17.7 Å². The lowest BCUT2D eigenvalue weighted by molar-refractivity contribution is 0.0980. The average molecular weight is 281 g/mol. The Hall–Kier alpha value is -1.32. The number of thiophene rings is 1. The Morgan fingerprint density at radius 1 is 1.39 bits per heavy atom. The summed E-state index contributed by atoms with van der Waals surface area (Å²) >= 11 is 7.58. The third-order valence-corrected chi connectivity index (χ3v) is 3.81. The van der Waals surface area contributed by atoms with Gasteiger partial charge >= 0.3 is 0 Å². The lowest BCUT2D eigenvalue weighted by Gasteiger charge is -2.07. The molecule has 0 aliphatic carbocycles. The minimum atomic E-state index is 0.0581. The first-order chi connectivity index (χ1) is 8.70. The Morgan fingerprint density at radius 3 is 2.89 bits per heavy atom. The number of Topliss-reactive ketones (excluding diaryl/α,β-unsaturated/α-hetero) is 1. The van der Waals surface area contributed by atoms with E-state index < -0.39 is 0 Å². The van der Waals surface area contributed by atoms with Crippen LogP contribution in [-0.4, -0.2) is 12.9 Å². The zero-order valence-electron chi connectivity index (χ0n) is 9.98. The van der Waals surface area contributed by atoms with Crippen molar-refractivity contribution < 1.29 is 9.53 Å². The second-order valence-electron chi connectivity index (χ2n) is 3.85. The molecule has 2 rings (SSSR count). The summed E-state index contributed by atoms with van der Waals surface area (Å²) in [6.45, 7) is 0. The number of hydrogen-bond donors (Lipinski definition) is 0. The summed E-state index contributed by atoms with van der Waals surface area (Å²) in [6.07, 6.45) is 1.23. The molecule has 0 saturated carbocycles. The molecule has 0 radical (unpaired) electrons. The molecule has 1 aromatic carbocycles. The highest BCUT2D eigenvalue weighted by molar-refractivity contribution is 7.09. The molecule has 0 aliphatic rings. The Bertz CT molecular complexity index is 535. The van der Waals surface area contributed by atoms with Crippen molar-refractivity contribution in [2.75, 3.05) is 7.11 Å². The van der Waals surface area contributed by atoms with Gasteiger partial charge in [0.15, 0.2) is 5.78 Å². The smallest absolute Gasteiger partial charge is 0.167 e. The summed E-state index contributed by atoms with van der Waals surface area (Å²) in [4.78, 5) is 13.4. The summed E-state index contributed by atoms with van der Waals surface area (Å²) in [5, 5.41) is 2.56. The van der Waals surface area contributed by atoms with Crippen molar-refractivity contribution in [3.8, 4) is 5.75 Å². The maximum Gasteiger partial charge on any atom is 0.167 e. The molecule has 0 fully saturated rings. The lowest BCUT2D eigenvalue weighted by atomic mass is 10.1. The van der Waals surface area contributed by atoms with Gasteiger partial charge in [0.05, 0.1) is 12.7 Å². The molecule has 0 unspecified atom stereocenters. The van der Waals surface area contributed by atoms with Crippen LogP contribution >= 0.6 is 22.9 Å². The molecular formula is C14H13ClO2S. The monoisotopic (exact) mass is 280 g/mol. The average Bonchev–Trinajstić information content (AvgIpc) is 2.89. The molecule has 0 amide bonds. The molecule has 18 heavy (non-hydrogen) atoms. The second kappa shape index (κ2) is 6.03. The molecular weight excluding hydrogens is 268 g/mol. The Labute approximate surface area is 115 Å². The van der Waals surface area contributed by atoms with Crippen molar-refractivity contribution in [2.45, 2.75) is 12.8 Å². The Kier molecular flexibility index (Phi) is 4.39. The van der Waals surface area contributed by atoms with Gasteiger partial charge in [0.1, 0.15) is 5.75 Å². The predicted molar refractivity (Wildman–Crippen MR) is 75.0 cm³/mol. The fraction of sp³-hybridized carbons (Fsp3) is 0.214. The molecule has 1 heterocycles. The molecule has 94 valence electrons. The summed E-state index contributed by atoms with van der Waals surface area (Å²) in [7, 11) is 1.55. The van der Waals surface area contributed by atoms with Gasteiger partial charge in [-0.05, 0) is 36.1 Å². The summed E-state index contributed by atoms with van der Waals surface area (Å²) in [5.41, 5.74) is 0.557. The van der Waals surface area contributed by atoms with Crippen molar-refractivity contribution >= 4 is 28.7 Å². The first kappa shape index (κ1) is 13.1. The van der Waals surface area contributed by atoms with E-state index in [0.717, 1.165) is 6.42 Å². The highest BCUT2D eigenvalue weighted by Crippen LogP contribution is 2.24. The molecule has 0 atom stereocenters. The van der Waals surface area contributed by atoms with Gasteiger partial charge in [-0.15, -0.1) is 11.3 Å². The van der Waals surface area contributed by atoms with Crippen LogP contribution in [0.25, 0.3) is 0 Å². The van der Waals surface area contributed by atoms with E-state index in [1.54, 1.807) is 36.6 Å². The molecule has 0 bridgehead atoms. The summed E-state index contributed by atoms with van der Waals surface area (Å²) in [6, 6.07) is 9.13. The topological polar surface area (TPSA) is 26.3 Å². The van der Waals surface area contributed by atoms with E-state index in [2.05, 4.69) is 0 Å². The van der Waals surface area contributed by atoms with Crippen LogP contribution in [0.1, 0.15) is 21.7 Å². The SMILES string of the molecule is COc1ccc(Cl)cc1C(=O)CCc1cccs1. The number of ether oxygens (including phenoxy) is 1. The number of carbonyl (C=O) groups excluding carboxylic acids is 1. The van der Waals surface area contributed by atoms with E-state index in [9.17, 15) is 4.79 Å². The van der Waals surface area contributed by atoms with Gasteiger partial charge < -0.3 is 4.74 Å². The number of benzene rings is 1. The van der Waals surface area contributed by atoms with Crippen molar-refractivity contribution in [2.24, 2.45) is 0 Å². The Morgan fingerprint density at radius 2 is 2.22 bits per heavy atom. The summed E-state index contributed by atoms with van der Waals surface area (Å²) < 4.78 is 5.18. The fourth-order valence-corrected chi connectivity index (χ4v) is 2.61. The molecule has 1 aromatic heterocycles. The maximum absolute atomic E-state index is 12.1. The molecule has 0 aliphatic heterocycles. The van der Waals surface area contributed by atoms with Gasteiger partial charge in [0, 0.05) is 16.3 Å². The van der Waals surface area contributed by atoms with Crippen LogP contribution in [0.5, 0.6) is 5.75 Å². The minimum absolute atomic E-state index is 0.0581. The van der Waals surface area contributed by atoms with Crippen molar-refractivity contribution in [1.82, 2.24) is 0 Å². The number of ketones is 1. The predicted octanol–water partition coefficient (Wildman–Crippen LogP) is 4.23. The third-order valence-electron chi connectivity index (χ3n) is 2.64. The van der Waals surface area contributed by atoms with E-state index >= 15 is 0 Å². The normalized spacial score (nSPS) is 10.3. The van der Waals surface area contributed by atoms with Gasteiger partial charge in [-0.25, -0.2) is 0 Å². The molecule has 4 heteroatoms. The van der Waals surface area contributed by atoms with E-state index in [4.69, 9.17) is 16.3 Å². The van der Waals surface area contributed by atoms with E-state index in [1.807, 2.05) is 17.5 Å². The van der Waals surface area contributed by atoms with Gasteiger partial charge in [0.2, 0.25) is 0 Å². The van der Waals surface area contributed by atoms with Gasteiger partial charge in [-0.2, -0.15) is 0 Å². The van der Waals surface area contributed by atoms with E-state index in [-0.39, 0.29) is 5.78 Å². The highest BCUT2D eigenvalue weighted by Gasteiger charge is 2.13. The second-order valence-corrected chi connectivity index (χ2v) is 5.32. The van der Waals surface area contributed by atoms with Crippen molar-refractivity contribution in [1.29, 1.82) is 0 Å². The molecule has 0 saturated heterocycles. The number of aryl methyl sites for hydroxylation is 1. The minimum Gasteiger partial charge on any atom is -0.496 e. The molecule has 0 N–H and O–H groups in total. The molecule has 2 nitrogen and oxygen atoms in total. The first-order valence-corrected chi connectivity index (χ1v) is 6.85. The van der Waals surface area contributed by atoms with Crippen LogP contribution in [0.3, 0.4) is 0 Å². The number of carbonyl (C=O) groups is 1. The zero-order chi connectivity index (χ0) is 13.0. The summed E-state index contributed by atoms with van der Waals surface area (Å²) in [5.74, 6) is 0.637. The highest BCUT2D eigenvalue weighted by atomic mass is 35.5. The van der Waals surface area contributed by atoms with E-state index in [1.165, 1.54) is 4.88 Å². The Balaban J connectivity index is 2.10. The first-order valence-electron chi connectivity index (χ1n) is 5.60. The fourth-order valence-electron chi connectivity index (χ4n) is 1.72. The third kappa shape index (κ3) is 3.12. The molecule has 0 spiro atoms. The molecule has 2 aromatic rings. The van der Waals surface area contributed by atoms with Crippen LogP contribution in [0.2, 0.25) is 5.02 Å². The number of hydrogen-bond acceptors (Lipinski definition) is 3.